The van der Waals surface area contributed by atoms with Crippen molar-refractivity contribution in [3.8, 4) is 11.5 Å². The molecule has 2 aliphatic rings. The van der Waals surface area contributed by atoms with Crippen LogP contribution in [0.15, 0.2) is 112 Å². The van der Waals surface area contributed by atoms with Crippen molar-refractivity contribution in [2.45, 2.75) is 25.5 Å². The molecule has 0 amide bonds. The Morgan fingerprint density at radius 3 is 2.45 bits per heavy atom. The average molecular weight is 575 g/mol. The van der Waals surface area contributed by atoms with Crippen LogP contribution in [-0.4, -0.2) is 11.7 Å². The Bertz CT molecular complexity index is 2010. The van der Waals surface area contributed by atoms with Crippen molar-refractivity contribution in [1.82, 2.24) is 4.57 Å². The van der Waals surface area contributed by atoms with Crippen LogP contribution in [0.2, 0.25) is 0 Å². The molecule has 1 aromatic heterocycles. The predicted molar refractivity (Wildman–Crippen MR) is 163 cm³/mol. The minimum atomic E-state index is -0.289. The summed E-state index contributed by atoms with van der Waals surface area (Å²) in [6.45, 7) is 0.143. The van der Waals surface area contributed by atoms with Gasteiger partial charge in [-0.1, -0.05) is 78.1 Å². The van der Waals surface area contributed by atoms with E-state index in [1.807, 2.05) is 65.2 Å². The summed E-state index contributed by atoms with van der Waals surface area (Å²) in [5.74, 6) is 1.11. The normalized spacial score (nSPS) is 15.9. The molecule has 0 N–H and O–H groups in total. The Morgan fingerprint density at radius 1 is 0.929 bits per heavy atom. The summed E-state index contributed by atoms with van der Waals surface area (Å²) in [5, 5.41) is 0. The molecule has 1 atom stereocenters. The molecule has 0 radical (unpaired) electrons. The van der Waals surface area contributed by atoms with Gasteiger partial charge in [-0.3, -0.25) is 9.36 Å². The minimum Gasteiger partial charge on any atom is -0.497 e. The molecule has 5 aromatic rings. The summed E-state index contributed by atoms with van der Waals surface area (Å²) in [6.07, 6.45) is 3.64. The van der Waals surface area contributed by atoms with Crippen molar-refractivity contribution in [3.05, 3.63) is 156 Å². The number of thiazole rings is 1. The van der Waals surface area contributed by atoms with E-state index >= 15 is 0 Å². The molecular weight excluding hydrogens is 547 g/mol. The number of methoxy groups -OCH3 is 1. The number of aromatic nitrogens is 1. The van der Waals surface area contributed by atoms with Crippen LogP contribution in [0.1, 0.15) is 40.3 Å². The monoisotopic (exact) mass is 574 g/mol. The summed E-state index contributed by atoms with van der Waals surface area (Å²) >= 11 is 1.40. The number of aryl methyl sites for hydroxylation is 1. The van der Waals surface area contributed by atoms with E-state index in [0.717, 1.165) is 46.6 Å². The summed E-state index contributed by atoms with van der Waals surface area (Å²) in [4.78, 5) is 19.7. The molecule has 1 aliphatic carbocycles. The zero-order valence-electron chi connectivity index (χ0n) is 22.9. The standard InChI is InChI=1S/C35H27FN2O3S/c1-40-26-17-12-24(13-18-26)33-29-19-14-23-6-2-4-8-28(23)32(29)37-35-38(33)34(39)31(42-35)20-22-10-15-27(16-11-22)41-21-25-7-3-5-9-30(25)36/h2-13,15-18,20,33H,14,19,21H2,1H3/b31-20-/t33-/m0/s1. The highest BCUT2D eigenvalue weighted by Gasteiger charge is 2.32. The molecule has 0 spiro atoms. The largest absolute Gasteiger partial charge is 0.497 e. The van der Waals surface area contributed by atoms with Gasteiger partial charge >= 0.3 is 0 Å². The van der Waals surface area contributed by atoms with E-state index in [1.54, 1.807) is 25.3 Å². The highest BCUT2D eigenvalue weighted by atomic mass is 32.1. The Balaban J connectivity index is 1.27. The van der Waals surface area contributed by atoms with Crippen LogP contribution in [-0.2, 0) is 13.0 Å². The number of nitrogens with zero attached hydrogens (tertiary/aromatic N) is 2. The SMILES string of the molecule is COc1ccc([C@H]2C3=C(N=c4s/c(=C\c5ccc(OCc6ccccc6F)cc5)c(=O)n42)c2ccccc2CC3)cc1. The Labute approximate surface area is 246 Å². The zero-order chi connectivity index (χ0) is 28.6. The molecule has 0 unspecified atom stereocenters. The number of hydrogen-bond donors (Lipinski definition) is 0. The lowest BCUT2D eigenvalue weighted by atomic mass is 9.83. The first-order valence-corrected chi connectivity index (χ1v) is 14.6. The van der Waals surface area contributed by atoms with Crippen molar-refractivity contribution in [3.63, 3.8) is 0 Å². The number of rotatable bonds is 6. The molecule has 4 aromatic carbocycles. The number of benzene rings is 4. The summed E-state index contributed by atoms with van der Waals surface area (Å²) in [5.41, 5.74) is 6.89. The van der Waals surface area contributed by atoms with E-state index in [1.165, 1.54) is 23.0 Å². The quantitative estimate of drug-likeness (QED) is 0.248. The lowest BCUT2D eigenvalue weighted by molar-refractivity contribution is 0.300. The average Bonchev–Trinajstić information content (AvgIpc) is 3.34. The Kier molecular flexibility index (Phi) is 6.80. The molecule has 1 aliphatic heterocycles. The summed E-state index contributed by atoms with van der Waals surface area (Å²) < 4.78 is 27.6. The molecule has 42 heavy (non-hydrogen) atoms. The van der Waals surface area contributed by atoms with Crippen molar-refractivity contribution < 1.29 is 13.9 Å². The fourth-order valence-electron chi connectivity index (χ4n) is 5.70. The van der Waals surface area contributed by atoms with Crippen LogP contribution < -0.4 is 24.4 Å². The third kappa shape index (κ3) is 4.76. The van der Waals surface area contributed by atoms with Gasteiger partial charge in [0.15, 0.2) is 4.80 Å². The molecule has 0 saturated carbocycles. The van der Waals surface area contributed by atoms with Gasteiger partial charge in [-0.25, -0.2) is 9.38 Å². The predicted octanol–water partition coefficient (Wildman–Crippen LogP) is 6.05. The van der Waals surface area contributed by atoms with Crippen LogP contribution in [0.5, 0.6) is 11.5 Å². The van der Waals surface area contributed by atoms with Gasteiger partial charge in [0.2, 0.25) is 0 Å². The maximum Gasteiger partial charge on any atom is 0.271 e. The van der Waals surface area contributed by atoms with E-state index in [0.29, 0.717) is 20.6 Å². The number of halogens is 1. The maximum absolute atomic E-state index is 14.0. The number of hydrogen-bond acceptors (Lipinski definition) is 5. The van der Waals surface area contributed by atoms with Gasteiger partial charge < -0.3 is 9.47 Å². The summed E-state index contributed by atoms with van der Waals surface area (Å²) in [7, 11) is 1.65. The lowest BCUT2D eigenvalue weighted by Crippen LogP contribution is -2.38. The van der Waals surface area contributed by atoms with Crippen molar-refractivity contribution >= 4 is 23.1 Å². The lowest BCUT2D eigenvalue weighted by Gasteiger charge is -2.30. The number of ether oxygens (including phenoxy) is 2. The molecule has 0 saturated heterocycles. The van der Waals surface area contributed by atoms with Gasteiger partial charge in [-0.15, -0.1) is 0 Å². The van der Waals surface area contributed by atoms with E-state index in [2.05, 4.69) is 18.2 Å². The number of fused-ring (bicyclic) bond motifs is 3. The zero-order valence-corrected chi connectivity index (χ0v) is 23.7. The second kappa shape index (κ2) is 10.9. The fourth-order valence-corrected chi connectivity index (χ4v) is 6.70. The molecule has 0 fully saturated rings. The maximum atomic E-state index is 14.0. The van der Waals surface area contributed by atoms with Crippen LogP contribution in [0, 0.1) is 5.82 Å². The Morgan fingerprint density at radius 2 is 1.67 bits per heavy atom. The molecular formula is C35H27FN2O3S. The second-order valence-electron chi connectivity index (χ2n) is 10.3. The second-order valence-corrected chi connectivity index (χ2v) is 11.3. The molecule has 208 valence electrons. The van der Waals surface area contributed by atoms with Crippen LogP contribution in [0.25, 0.3) is 11.8 Å². The van der Waals surface area contributed by atoms with Crippen molar-refractivity contribution in [2.75, 3.05) is 7.11 Å². The van der Waals surface area contributed by atoms with Gasteiger partial charge in [0, 0.05) is 11.1 Å². The van der Waals surface area contributed by atoms with E-state index in [9.17, 15) is 9.18 Å². The molecule has 7 rings (SSSR count). The minimum absolute atomic E-state index is 0.0649. The summed E-state index contributed by atoms with van der Waals surface area (Å²) in [6, 6.07) is 30.2. The van der Waals surface area contributed by atoms with Crippen LogP contribution in [0.4, 0.5) is 4.39 Å². The first-order valence-electron chi connectivity index (χ1n) is 13.8. The van der Waals surface area contributed by atoms with E-state index in [-0.39, 0.29) is 24.0 Å². The Hall–Kier alpha value is -4.75. The number of allylic oxidation sites excluding steroid dienone is 1. The van der Waals surface area contributed by atoms with Crippen molar-refractivity contribution in [2.24, 2.45) is 4.99 Å². The first-order chi connectivity index (χ1) is 20.6. The topological polar surface area (TPSA) is 52.8 Å². The molecule has 5 nitrogen and oxygen atoms in total. The van der Waals surface area contributed by atoms with E-state index < -0.39 is 0 Å². The molecule has 0 bridgehead atoms. The third-order valence-corrected chi connectivity index (χ3v) is 8.82. The van der Waals surface area contributed by atoms with Crippen LogP contribution >= 0.6 is 11.3 Å². The highest BCUT2D eigenvalue weighted by molar-refractivity contribution is 7.07. The highest BCUT2D eigenvalue weighted by Crippen LogP contribution is 2.41. The first kappa shape index (κ1) is 26.2. The van der Waals surface area contributed by atoms with Gasteiger partial charge in [-0.05, 0) is 71.5 Å². The smallest absolute Gasteiger partial charge is 0.271 e. The fraction of sp³-hybridized carbons (Fsp3) is 0.143. The molecule has 7 heteroatoms. The van der Waals surface area contributed by atoms with E-state index in [4.69, 9.17) is 14.5 Å². The van der Waals surface area contributed by atoms with Gasteiger partial charge in [0.25, 0.3) is 5.56 Å². The molecule has 2 heterocycles. The van der Waals surface area contributed by atoms with Gasteiger partial charge in [-0.2, -0.15) is 0 Å². The van der Waals surface area contributed by atoms with Gasteiger partial charge in [0.1, 0.15) is 23.9 Å². The van der Waals surface area contributed by atoms with Gasteiger partial charge in [0.05, 0.1) is 23.4 Å². The third-order valence-electron chi connectivity index (χ3n) is 7.83. The van der Waals surface area contributed by atoms with Crippen molar-refractivity contribution in [1.29, 1.82) is 0 Å². The van der Waals surface area contributed by atoms with Crippen LogP contribution in [0.3, 0.4) is 0 Å².